The fraction of sp³-hybridized carbons (Fsp3) is 0.240. The standard InChI is InChI=1S/2C25H21F3N4O3S/c2*1-32-23(6-8-31-32)22-12-16(25(26,27)28)2-4-19(22)20-7-11-35-24-13-18(3-5-21(20)24)36(33,34)15-17-14-29-9-10-30-17/h2*2-6,8-10,12-14,20H,7,11,15H2,1H3/t2*20-/m10/s1. The molecule has 372 valence electrons. The van der Waals surface area contributed by atoms with Crippen molar-refractivity contribution in [2.45, 2.75) is 58.3 Å². The van der Waals surface area contributed by atoms with Crippen LogP contribution in [0.25, 0.3) is 22.5 Å². The Labute approximate surface area is 409 Å². The molecule has 0 amide bonds. The summed E-state index contributed by atoms with van der Waals surface area (Å²) < 4.78 is 148. The van der Waals surface area contributed by atoms with Crippen LogP contribution in [0.15, 0.2) is 144 Å². The zero-order valence-electron chi connectivity index (χ0n) is 38.2. The highest BCUT2D eigenvalue weighted by molar-refractivity contribution is 7.91. The first-order chi connectivity index (χ1) is 34.3. The summed E-state index contributed by atoms with van der Waals surface area (Å²) in [5, 5.41) is 8.25. The van der Waals surface area contributed by atoms with Crippen molar-refractivity contribution < 1.29 is 52.7 Å². The zero-order valence-corrected chi connectivity index (χ0v) is 39.8. The Bertz CT molecular complexity index is 3270. The van der Waals surface area contributed by atoms with E-state index in [0.29, 0.717) is 80.5 Å². The highest BCUT2D eigenvalue weighted by Gasteiger charge is 2.36. The van der Waals surface area contributed by atoms with Crippen LogP contribution in [0.2, 0.25) is 0 Å². The Hall–Kier alpha value is -7.46. The first kappa shape index (κ1) is 49.5. The molecular formula is C50H42F6N8O6S2. The second-order valence-electron chi connectivity index (χ2n) is 17.0. The van der Waals surface area contributed by atoms with E-state index in [4.69, 9.17) is 9.47 Å². The summed E-state index contributed by atoms with van der Waals surface area (Å²) in [5.74, 6) is -0.431. The molecule has 0 spiro atoms. The molecule has 4 aromatic carbocycles. The van der Waals surface area contributed by atoms with Gasteiger partial charge in [-0.05, 0) is 84.6 Å². The molecule has 8 aromatic rings. The van der Waals surface area contributed by atoms with Gasteiger partial charge in [0.05, 0.1) is 68.4 Å². The summed E-state index contributed by atoms with van der Waals surface area (Å²) >= 11 is 0. The first-order valence-electron chi connectivity index (χ1n) is 22.1. The van der Waals surface area contributed by atoms with Crippen molar-refractivity contribution in [1.82, 2.24) is 39.5 Å². The Morgan fingerprint density at radius 1 is 0.528 bits per heavy atom. The van der Waals surface area contributed by atoms with Crippen molar-refractivity contribution >= 4 is 19.7 Å². The molecule has 0 unspecified atom stereocenters. The molecule has 22 heteroatoms. The number of alkyl halides is 6. The summed E-state index contributed by atoms with van der Waals surface area (Å²) in [6.45, 7) is 0.578. The van der Waals surface area contributed by atoms with Crippen LogP contribution in [0.3, 0.4) is 0 Å². The van der Waals surface area contributed by atoms with Gasteiger partial charge in [-0.2, -0.15) is 36.5 Å². The number of benzene rings is 4. The average Bonchev–Trinajstić information content (AvgIpc) is 4.00. The molecule has 2 atom stereocenters. The molecule has 2 aliphatic heterocycles. The minimum Gasteiger partial charge on any atom is -0.493 e. The lowest BCUT2D eigenvalue weighted by Crippen LogP contribution is -2.18. The fourth-order valence-electron chi connectivity index (χ4n) is 8.93. The summed E-state index contributed by atoms with van der Waals surface area (Å²) in [5.41, 5.74) is 3.87. The number of ether oxygens (including phenoxy) is 2. The Balaban J connectivity index is 0.000000178. The lowest BCUT2D eigenvalue weighted by atomic mass is 9.83. The molecular weight excluding hydrogens is 987 g/mol. The maximum Gasteiger partial charge on any atom is 0.416 e. The fourth-order valence-corrected chi connectivity index (χ4v) is 11.5. The molecule has 0 saturated heterocycles. The third-order valence-electron chi connectivity index (χ3n) is 12.4. The number of hydrogen-bond donors (Lipinski definition) is 0. The van der Waals surface area contributed by atoms with E-state index in [9.17, 15) is 43.2 Å². The second-order valence-corrected chi connectivity index (χ2v) is 20.9. The molecule has 10 rings (SSSR count). The van der Waals surface area contributed by atoms with Gasteiger partial charge in [0, 0.05) is 97.8 Å². The normalized spacial score (nSPS) is 15.8. The highest BCUT2D eigenvalue weighted by Crippen LogP contribution is 2.46. The van der Waals surface area contributed by atoms with Gasteiger partial charge < -0.3 is 9.47 Å². The minimum absolute atomic E-state index is 0.0758. The van der Waals surface area contributed by atoms with Crippen molar-refractivity contribution in [2.24, 2.45) is 14.1 Å². The maximum atomic E-state index is 13.5. The number of aryl methyl sites for hydroxylation is 2. The predicted octanol–water partition coefficient (Wildman–Crippen LogP) is 9.57. The largest absolute Gasteiger partial charge is 0.493 e. The van der Waals surface area contributed by atoms with Crippen molar-refractivity contribution in [2.75, 3.05) is 13.2 Å². The second kappa shape index (κ2) is 19.6. The van der Waals surface area contributed by atoms with Crippen LogP contribution in [0.5, 0.6) is 11.5 Å². The summed E-state index contributed by atoms with van der Waals surface area (Å²) in [6, 6.07) is 20.0. The van der Waals surface area contributed by atoms with Crippen LogP contribution in [0.1, 0.15) is 69.4 Å². The predicted molar refractivity (Wildman–Crippen MR) is 250 cm³/mol. The summed E-state index contributed by atoms with van der Waals surface area (Å²) in [4.78, 5) is 16.0. The number of rotatable bonds is 10. The Morgan fingerprint density at radius 2 is 0.931 bits per heavy atom. The molecule has 14 nitrogen and oxygen atoms in total. The van der Waals surface area contributed by atoms with Crippen LogP contribution in [0, 0.1) is 0 Å². The van der Waals surface area contributed by atoms with Gasteiger partial charge in [-0.1, -0.05) is 24.3 Å². The van der Waals surface area contributed by atoms with E-state index in [0.717, 1.165) is 24.3 Å². The van der Waals surface area contributed by atoms with Gasteiger partial charge in [0.2, 0.25) is 0 Å². The minimum atomic E-state index is -4.49. The quantitative estimate of drug-likeness (QED) is 0.119. The molecule has 0 fully saturated rings. The zero-order chi connectivity index (χ0) is 51.0. The van der Waals surface area contributed by atoms with E-state index >= 15 is 0 Å². The SMILES string of the molecule is Cn1nccc1-c1cc(C(F)(F)F)ccc1[C@@H]1CCOc2cc(S(=O)(=O)Cc3cnccn3)ccc21.Cn1nccc1-c1cc(C(F)(F)F)ccc1[C@H]1CCOc2cc(S(=O)(=O)Cc3cnccn3)ccc21. The van der Waals surface area contributed by atoms with Crippen molar-refractivity contribution in [1.29, 1.82) is 0 Å². The average molecular weight is 1030 g/mol. The van der Waals surface area contributed by atoms with Gasteiger partial charge in [-0.3, -0.25) is 29.3 Å². The summed E-state index contributed by atoms with van der Waals surface area (Å²) in [6.07, 6.45) is 3.69. The Morgan fingerprint density at radius 3 is 1.28 bits per heavy atom. The topological polar surface area (TPSA) is 174 Å². The van der Waals surface area contributed by atoms with Crippen molar-refractivity contribution in [3.05, 3.63) is 179 Å². The number of sulfone groups is 2. The third kappa shape index (κ3) is 10.5. The van der Waals surface area contributed by atoms with Gasteiger partial charge in [0.1, 0.15) is 11.5 Å². The van der Waals surface area contributed by atoms with Crippen LogP contribution in [-0.4, -0.2) is 69.5 Å². The summed E-state index contributed by atoms with van der Waals surface area (Å²) in [7, 11) is -4.09. The van der Waals surface area contributed by atoms with Gasteiger partial charge in [0.25, 0.3) is 0 Å². The number of halogens is 6. The molecule has 0 bridgehead atoms. The van der Waals surface area contributed by atoms with Crippen LogP contribution in [0.4, 0.5) is 26.3 Å². The molecule has 0 aliphatic carbocycles. The van der Waals surface area contributed by atoms with Gasteiger partial charge in [0.15, 0.2) is 19.7 Å². The van der Waals surface area contributed by atoms with Crippen LogP contribution >= 0.6 is 0 Å². The molecule has 0 N–H and O–H groups in total. The lowest BCUT2D eigenvalue weighted by molar-refractivity contribution is -0.138. The number of fused-ring (bicyclic) bond motifs is 2. The molecule has 2 aliphatic rings. The Kier molecular flexibility index (Phi) is 13.5. The van der Waals surface area contributed by atoms with E-state index in [1.165, 1.54) is 95.3 Å². The van der Waals surface area contributed by atoms with Crippen LogP contribution < -0.4 is 9.47 Å². The maximum absolute atomic E-state index is 13.5. The van der Waals surface area contributed by atoms with E-state index in [1.54, 1.807) is 38.4 Å². The molecule has 4 aromatic heterocycles. The van der Waals surface area contributed by atoms with Crippen molar-refractivity contribution in [3.8, 4) is 34.0 Å². The van der Waals surface area contributed by atoms with Crippen LogP contribution in [-0.2, 0) is 57.6 Å². The monoisotopic (exact) mass is 1030 g/mol. The van der Waals surface area contributed by atoms with Crippen molar-refractivity contribution in [3.63, 3.8) is 0 Å². The van der Waals surface area contributed by atoms with E-state index in [-0.39, 0.29) is 46.3 Å². The molecule has 0 radical (unpaired) electrons. The van der Waals surface area contributed by atoms with Gasteiger partial charge >= 0.3 is 12.4 Å². The smallest absolute Gasteiger partial charge is 0.416 e. The molecule has 72 heavy (non-hydrogen) atoms. The number of aromatic nitrogens is 8. The third-order valence-corrected chi connectivity index (χ3v) is 15.7. The van der Waals surface area contributed by atoms with E-state index in [2.05, 4.69) is 30.1 Å². The molecule has 0 saturated carbocycles. The van der Waals surface area contributed by atoms with Gasteiger partial charge in [-0.15, -0.1) is 0 Å². The first-order valence-corrected chi connectivity index (χ1v) is 25.4. The highest BCUT2D eigenvalue weighted by atomic mass is 32.2. The van der Waals surface area contributed by atoms with E-state index in [1.807, 2.05) is 0 Å². The molecule has 6 heterocycles. The number of nitrogens with zero attached hydrogens (tertiary/aromatic N) is 8. The number of hydrogen-bond acceptors (Lipinski definition) is 12. The lowest BCUT2D eigenvalue weighted by Gasteiger charge is -2.28. The van der Waals surface area contributed by atoms with Gasteiger partial charge in [-0.25, -0.2) is 16.8 Å². The van der Waals surface area contributed by atoms with E-state index < -0.39 is 43.2 Å².